The number of likely N-dealkylation sites (tertiary alicyclic amines) is 2. The summed E-state index contributed by atoms with van der Waals surface area (Å²) in [5.41, 5.74) is -0.0897. The summed E-state index contributed by atoms with van der Waals surface area (Å²) in [5.74, 6) is 0.124. The van der Waals surface area contributed by atoms with Crippen molar-refractivity contribution in [2.24, 2.45) is 0 Å². The van der Waals surface area contributed by atoms with Gasteiger partial charge in [-0.15, -0.1) is 0 Å². The smallest absolute Gasteiger partial charge is 0.239 e. The summed E-state index contributed by atoms with van der Waals surface area (Å²) in [6.45, 7) is 10.8. The molecular formula is C18H33N3O2. The number of hydrogen-bond donors (Lipinski definition) is 1. The van der Waals surface area contributed by atoms with Crippen LogP contribution in [0.1, 0.15) is 66.2 Å². The highest BCUT2D eigenvalue weighted by molar-refractivity contribution is 5.87. The van der Waals surface area contributed by atoms with Crippen LogP contribution in [0.3, 0.4) is 0 Å². The zero-order valence-electron chi connectivity index (χ0n) is 15.2. The standard InChI is InChI=1S/C18H33N3O2/c1-5-15(4)20-11-6-8-18(10-12-20)9-7-17(23)21(18)13-16(22)19-14(2)3/h14-15H,5-13H2,1-4H3,(H,19,22)/t15-,18+/m1/s1. The highest BCUT2D eigenvalue weighted by atomic mass is 16.2. The van der Waals surface area contributed by atoms with Gasteiger partial charge in [0.25, 0.3) is 0 Å². The Kier molecular flexibility index (Phi) is 6.06. The topological polar surface area (TPSA) is 52.7 Å². The molecule has 1 spiro atoms. The van der Waals surface area contributed by atoms with Crippen LogP contribution in [0.15, 0.2) is 0 Å². The first-order valence-electron chi connectivity index (χ1n) is 9.22. The van der Waals surface area contributed by atoms with Gasteiger partial charge in [0.1, 0.15) is 6.54 Å². The van der Waals surface area contributed by atoms with Gasteiger partial charge in [0, 0.05) is 30.6 Å². The largest absolute Gasteiger partial charge is 0.352 e. The SMILES string of the molecule is CC[C@@H](C)N1CCC[C@]2(CCC(=O)N2CC(=O)NC(C)C)CC1. The third kappa shape index (κ3) is 4.25. The Balaban J connectivity index is 2.06. The molecule has 2 aliphatic heterocycles. The summed E-state index contributed by atoms with van der Waals surface area (Å²) in [6, 6.07) is 0.714. The van der Waals surface area contributed by atoms with Gasteiger partial charge in [0.15, 0.2) is 0 Å². The lowest BCUT2D eigenvalue weighted by Gasteiger charge is -2.38. The number of amides is 2. The van der Waals surface area contributed by atoms with Crippen LogP contribution >= 0.6 is 0 Å². The number of carbonyl (C=O) groups is 2. The predicted molar refractivity (Wildman–Crippen MR) is 92.1 cm³/mol. The molecule has 0 aromatic carbocycles. The lowest BCUT2D eigenvalue weighted by atomic mass is 9.87. The van der Waals surface area contributed by atoms with Crippen molar-refractivity contribution in [1.82, 2.24) is 15.1 Å². The minimum Gasteiger partial charge on any atom is -0.352 e. The molecule has 0 saturated carbocycles. The van der Waals surface area contributed by atoms with Crippen LogP contribution in [0.2, 0.25) is 0 Å². The van der Waals surface area contributed by atoms with E-state index in [0.717, 1.165) is 45.2 Å². The molecule has 2 fully saturated rings. The molecule has 23 heavy (non-hydrogen) atoms. The molecule has 0 bridgehead atoms. The van der Waals surface area contributed by atoms with Crippen LogP contribution in [0, 0.1) is 0 Å². The van der Waals surface area contributed by atoms with Crippen LogP contribution in [0.4, 0.5) is 0 Å². The number of hydrogen-bond acceptors (Lipinski definition) is 3. The van der Waals surface area contributed by atoms with Gasteiger partial charge < -0.3 is 15.1 Å². The highest BCUT2D eigenvalue weighted by Crippen LogP contribution is 2.39. The molecule has 2 atom stereocenters. The van der Waals surface area contributed by atoms with E-state index in [4.69, 9.17) is 0 Å². The highest BCUT2D eigenvalue weighted by Gasteiger charge is 2.46. The van der Waals surface area contributed by atoms with E-state index < -0.39 is 0 Å². The predicted octanol–water partition coefficient (Wildman–Crippen LogP) is 2.16. The maximum absolute atomic E-state index is 12.4. The Morgan fingerprint density at radius 1 is 1.22 bits per heavy atom. The molecule has 2 aliphatic rings. The summed E-state index contributed by atoms with van der Waals surface area (Å²) < 4.78 is 0. The molecular weight excluding hydrogens is 290 g/mol. The van der Waals surface area contributed by atoms with E-state index in [-0.39, 0.29) is 29.9 Å². The van der Waals surface area contributed by atoms with Gasteiger partial charge in [0.05, 0.1) is 0 Å². The maximum atomic E-state index is 12.4. The molecule has 2 rings (SSSR count). The molecule has 0 unspecified atom stereocenters. The lowest BCUT2D eigenvalue weighted by molar-refractivity contribution is -0.137. The van der Waals surface area contributed by atoms with Crippen molar-refractivity contribution < 1.29 is 9.59 Å². The molecule has 0 aromatic heterocycles. The quantitative estimate of drug-likeness (QED) is 0.843. The first kappa shape index (κ1) is 18.2. The average molecular weight is 323 g/mol. The first-order valence-corrected chi connectivity index (χ1v) is 9.22. The normalized spacial score (nSPS) is 27.5. The van der Waals surface area contributed by atoms with Gasteiger partial charge in [0.2, 0.25) is 11.8 Å². The molecule has 0 aromatic rings. The van der Waals surface area contributed by atoms with E-state index in [1.54, 1.807) is 0 Å². The van der Waals surface area contributed by atoms with Crippen molar-refractivity contribution in [3.05, 3.63) is 0 Å². The average Bonchev–Trinajstić information content (AvgIpc) is 2.68. The molecule has 0 radical (unpaired) electrons. The molecule has 2 heterocycles. The Morgan fingerprint density at radius 2 is 1.96 bits per heavy atom. The fraction of sp³-hybridized carbons (Fsp3) is 0.889. The third-order valence-electron chi connectivity index (χ3n) is 5.60. The monoisotopic (exact) mass is 323 g/mol. The Labute approximate surface area is 140 Å². The van der Waals surface area contributed by atoms with E-state index in [1.807, 2.05) is 18.7 Å². The van der Waals surface area contributed by atoms with Crippen molar-refractivity contribution in [3.8, 4) is 0 Å². The second-order valence-corrected chi connectivity index (χ2v) is 7.57. The minimum absolute atomic E-state index is 0.0299. The van der Waals surface area contributed by atoms with Crippen LogP contribution in [0.5, 0.6) is 0 Å². The Bertz CT molecular complexity index is 438. The summed E-state index contributed by atoms with van der Waals surface area (Å²) in [7, 11) is 0. The van der Waals surface area contributed by atoms with E-state index in [0.29, 0.717) is 12.5 Å². The number of rotatable bonds is 5. The van der Waals surface area contributed by atoms with Gasteiger partial charge in [-0.2, -0.15) is 0 Å². The molecule has 5 heteroatoms. The summed E-state index contributed by atoms with van der Waals surface area (Å²) in [6.07, 6.45) is 5.80. The van der Waals surface area contributed by atoms with Gasteiger partial charge in [-0.3, -0.25) is 9.59 Å². The number of nitrogens with zero attached hydrogens (tertiary/aromatic N) is 2. The Hall–Kier alpha value is -1.10. The van der Waals surface area contributed by atoms with E-state index in [1.165, 1.54) is 0 Å². The summed E-state index contributed by atoms with van der Waals surface area (Å²) in [4.78, 5) is 29.0. The van der Waals surface area contributed by atoms with Crippen LogP contribution in [-0.2, 0) is 9.59 Å². The maximum Gasteiger partial charge on any atom is 0.239 e. The number of nitrogens with one attached hydrogen (secondary N) is 1. The van der Waals surface area contributed by atoms with Crippen LogP contribution in [-0.4, -0.2) is 58.9 Å². The van der Waals surface area contributed by atoms with Crippen molar-refractivity contribution in [2.45, 2.75) is 83.8 Å². The second kappa shape index (κ2) is 7.65. The third-order valence-corrected chi connectivity index (χ3v) is 5.60. The molecule has 132 valence electrons. The van der Waals surface area contributed by atoms with E-state index in [9.17, 15) is 9.59 Å². The van der Waals surface area contributed by atoms with Crippen molar-refractivity contribution >= 4 is 11.8 Å². The van der Waals surface area contributed by atoms with Crippen molar-refractivity contribution in [2.75, 3.05) is 19.6 Å². The zero-order valence-corrected chi connectivity index (χ0v) is 15.2. The van der Waals surface area contributed by atoms with E-state index in [2.05, 4.69) is 24.1 Å². The zero-order chi connectivity index (χ0) is 17.0. The van der Waals surface area contributed by atoms with Crippen molar-refractivity contribution in [1.29, 1.82) is 0 Å². The molecule has 2 amide bonds. The van der Waals surface area contributed by atoms with Crippen molar-refractivity contribution in [3.63, 3.8) is 0 Å². The second-order valence-electron chi connectivity index (χ2n) is 7.57. The molecule has 0 aliphatic carbocycles. The van der Waals surface area contributed by atoms with Crippen LogP contribution < -0.4 is 5.32 Å². The lowest BCUT2D eigenvalue weighted by Crippen LogP contribution is -2.51. The van der Waals surface area contributed by atoms with Gasteiger partial charge >= 0.3 is 0 Å². The fourth-order valence-electron chi connectivity index (χ4n) is 4.06. The fourth-order valence-corrected chi connectivity index (χ4v) is 4.06. The van der Waals surface area contributed by atoms with Crippen LogP contribution in [0.25, 0.3) is 0 Å². The first-order chi connectivity index (χ1) is 10.9. The van der Waals surface area contributed by atoms with Gasteiger partial charge in [-0.25, -0.2) is 0 Å². The van der Waals surface area contributed by atoms with Gasteiger partial charge in [-0.05, 0) is 59.4 Å². The summed E-state index contributed by atoms with van der Waals surface area (Å²) >= 11 is 0. The number of carbonyl (C=O) groups excluding carboxylic acids is 2. The summed E-state index contributed by atoms with van der Waals surface area (Å²) in [5, 5.41) is 2.92. The molecule has 5 nitrogen and oxygen atoms in total. The Morgan fingerprint density at radius 3 is 2.61 bits per heavy atom. The molecule has 2 saturated heterocycles. The van der Waals surface area contributed by atoms with E-state index >= 15 is 0 Å². The molecule has 1 N–H and O–H groups in total. The van der Waals surface area contributed by atoms with Gasteiger partial charge in [-0.1, -0.05) is 6.92 Å². The minimum atomic E-state index is -0.0897.